The zero-order chi connectivity index (χ0) is 25.3. The molecule has 0 bridgehead atoms. The number of hydrogen-bond acceptors (Lipinski definition) is 12. The van der Waals surface area contributed by atoms with Gasteiger partial charge in [0.2, 0.25) is 5.95 Å². The third-order valence-electron chi connectivity index (χ3n) is 5.36. The van der Waals surface area contributed by atoms with Crippen molar-refractivity contribution in [2.75, 3.05) is 19.5 Å². The van der Waals surface area contributed by atoms with E-state index >= 15 is 0 Å². The van der Waals surface area contributed by atoms with Gasteiger partial charge in [-0.1, -0.05) is 0 Å². The molecule has 1 fully saturated rings. The average molecular weight is 506 g/mol. The normalized spacial score (nSPS) is 19.6. The SMILES string of the molecule is COC(=O)c1sccc1Cn1c(=O)n([C@@H]2O[C@H](COC(C)=O)C[C@H]2OC(C)=O)c2nc(N)ncc21. The minimum atomic E-state index is -1.06. The number of rotatable bonds is 7. The lowest BCUT2D eigenvalue weighted by Gasteiger charge is -2.19. The summed E-state index contributed by atoms with van der Waals surface area (Å²) in [6.07, 6.45) is -0.957. The lowest BCUT2D eigenvalue weighted by atomic mass is 10.2. The van der Waals surface area contributed by atoms with Crippen LogP contribution in [0.1, 0.15) is 41.7 Å². The van der Waals surface area contributed by atoms with E-state index in [1.807, 2.05) is 0 Å². The number of thiophene rings is 1. The molecule has 35 heavy (non-hydrogen) atoms. The quantitative estimate of drug-likeness (QED) is 0.357. The molecule has 0 aromatic carbocycles. The van der Waals surface area contributed by atoms with Crippen molar-refractivity contribution in [3.8, 4) is 0 Å². The summed E-state index contributed by atoms with van der Waals surface area (Å²) in [6, 6.07) is 1.72. The first-order chi connectivity index (χ1) is 16.7. The molecule has 3 atom stereocenters. The predicted octanol–water partition coefficient (Wildman–Crippen LogP) is 0.854. The Morgan fingerprint density at radius 3 is 2.74 bits per heavy atom. The number of esters is 3. The summed E-state index contributed by atoms with van der Waals surface area (Å²) in [5.74, 6) is -1.65. The van der Waals surface area contributed by atoms with Crippen LogP contribution in [0.3, 0.4) is 0 Å². The maximum absolute atomic E-state index is 13.7. The van der Waals surface area contributed by atoms with Gasteiger partial charge in [-0.05, 0) is 17.0 Å². The van der Waals surface area contributed by atoms with Gasteiger partial charge in [-0.2, -0.15) is 4.98 Å². The monoisotopic (exact) mass is 505 g/mol. The number of methoxy groups -OCH3 is 1. The van der Waals surface area contributed by atoms with Gasteiger partial charge in [0.25, 0.3) is 0 Å². The Kier molecular flexibility index (Phi) is 6.84. The van der Waals surface area contributed by atoms with Gasteiger partial charge >= 0.3 is 23.6 Å². The predicted molar refractivity (Wildman–Crippen MR) is 122 cm³/mol. The summed E-state index contributed by atoms with van der Waals surface area (Å²) in [7, 11) is 1.28. The second-order valence-corrected chi connectivity index (χ2v) is 8.69. The molecule has 0 spiro atoms. The first-order valence-electron chi connectivity index (χ1n) is 10.5. The van der Waals surface area contributed by atoms with Crippen LogP contribution in [-0.2, 0) is 35.1 Å². The lowest BCUT2D eigenvalue weighted by Crippen LogP contribution is -2.34. The third-order valence-corrected chi connectivity index (χ3v) is 6.30. The minimum Gasteiger partial charge on any atom is -0.465 e. The maximum atomic E-state index is 13.7. The van der Waals surface area contributed by atoms with Crippen LogP contribution in [0.15, 0.2) is 22.4 Å². The van der Waals surface area contributed by atoms with Gasteiger partial charge < -0.3 is 24.7 Å². The fraction of sp³-hybridized carbons (Fsp3) is 0.429. The van der Waals surface area contributed by atoms with E-state index < -0.39 is 42.0 Å². The summed E-state index contributed by atoms with van der Waals surface area (Å²) in [4.78, 5) is 57.4. The van der Waals surface area contributed by atoms with Crippen LogP contribution >= 0.6 is 11.3 Å². The Hall–Kier alpha value is -3.78. The highest BCUT2D eigenvalue weighted by atomic mass is 32.1. The largest absolute Gasteiger partial charge is 0.465 e. The molecule has 0 unspecified atom stereocenters. The highest BCUT2D eigenvalue weighted by Gasteiger charge is 2.41. The van der Waals surface area contributed by atoms with Gasteiger partial charge in [0, 0.05) is 20.3 Å². The van der Waals surface area contributed by atoms with Crippen molar-refractivity contribution >= 4 is 46.4 Å². The number of carbonyl (C=O) groups excluding carboxylic acids is 3. The molecular formula is C21H23N5O8S. The molecule has 4 heterocycles. The molecule has 1 saturated heterocycles. The molecule has 0 amide bonds. The number of nitrogens with two attached hydrogens (primary N) is 1. The van der Waals surface area contributed by atoms with Crippen molar-refractivity contribution in [3.63, 3.8) is 0 Å². The zero-order valence-corrected chi connectivity index (χ0v) is 19.9. The van der Waals surface area contributed by atoms with Gasteiger partial charge in [-0.15, -0.1) is 11.3 Å². The number of ether oxygens (including phenoxy) is 4. The summed E-state index contributed by atoms with van der Waals surface area (Å²) in [5, 5.41) is 1.72. The maximum Gasteiger partial charge on any atom is 0.348 e. The molecule has 2 N–H and O–H groups in total. The summed E-state index contributed by atoms with van der Waals surface area (Å²) < 4.78 is 23.9. The lowest BCUT2D eigenvalue weighted by molar-refractivity contribution is -0.153. The molecule has 186 valence electrons. The number of fused-ring (bicyclic) bond motifs is 1. The first-order valence-corrected chi connectivity index (χ1v) is 11.4. The third kappa shape index (κ3) is 4.88. The number of imidazole rings is 1. The van der Waals surface area contributed by atoms with Crippen molar-refractivity contribution in [2.24, 2.45) is 0 Å². The standard InChI is InChI=1S/C21H23N5O8S/c1-10(27)32-9-13-6-15(33-11(2)28)18(34-13)26-17-14(7-23-20(22)24-17)25(21(26)30)8-12-4-5-35-16(12)19(29)31-3/h4-5,7,13,15,18H,6,8-9H2,1-3H3,(H2,22,23,24)/t13-,15+,18+/m0/s1. The molecule has 0 radical (unpaired) electrons. The first kappa shape index (κ1) is 24.3. The van der Waals surface area contributed by atoms with Crippen LogP contribution in [0.25, 0.3) is 11.2 Å². The van der Waals surface area contributed by atoms with E-state index in [9.17, 15) is 19.2 Å². The van der Waals surface area contributed by atoms with E-state index in [4.69, 9.17) is 24.7 Å². The average Bonchev–Trinajstić information content (AvgIpc) is 3.48. The smallest absolute Gasteiger partial charge is 0.348 e. The highest BCUT2D eigenvalue weighted by Crippen LogP contribution is 2.33. The number of aromatic nitrogens is 4. The molecule has 14 heteroatoms. The van der Waals surface area contributed by atoms with E-state index in [1.165, 1.54) is 47.6 Å². The minimum absolute atomic E-state index is 0.0192. The van der Waals surface area contributed by atoms with Gasteiger partial charge in [-0.3, -0.25) is 14.2 Å². The van der Waals surface area contributed by atoms with Gasteiger partial charge in [0.15, 0.2) is 11.9 Å². The molecule has 3 aromatic rings. The van der Waals surface area contributed by atoms with Gasteiger partial charge in [0.1, 0.15) is 23.1 Å². The van der Waals surface area contributed by atoms with Crippen LogP contribution in [0, 0.1) is 0 Å². The summed E-state index contributed by atoms with van der Waals surface area (Å²) >= 11 is 1.19. The Morgan fingerprint density at radius 2 is 2.06 bits per heavy atom. The number of hydrogen-bond donors (Lipinski definition) is 1. The van der Waals surface area contributed by atoms with Crippen molar-refractivity contribution < 1.29 is 33.3 Å². The molecular weight excluding hydrogens is 482 g/mol. The van der Waals surface area contributed by atoms with Gasteiger partial charge in [-0.25, -0.2) is 19.1 Å². The molecule has 0 saturated carbocycles. The Morgan fingerprint density at radius 1 is 1.29 bits per heavy atom. The van der Waals surface area contributed by atoms with Gasteiger partial charge in [0.05, 0.1) is 26.0 Å². The fourth-order valence-electron chi connectivity index (χ4n) is 3.94. The Bertz CT molecular complexity index is 1350. The van der Waals surface area contributed by atoms with Crippen LogP contribution in [0.2, 0.25) is 0 Å². The molecule has 4 rings (SSSR count). The molecule has 1 aliphatic heterocycles. The van der Waals surface area contributed by atoms with Crippen molar-refractivity contribution in [1.29, 1.82) is 0 Å². The Labute approximate surface area is 202 Å². The highest BCUT2D eigenvalue weighted by molar-refractivity contribution is 7.12. The van der Waals surface area contributed by atoms with Crippen LogP contribution in [0.5, 0.6) is 0 Å². The molecule has 1 aliphatic rings. The van der Waals surface area contributed by atoms with E-state index in [2.05, 4.69) is 9.97 Å². The van der Waals surface area contributed by atoms with Crippen molar-refractivity contribution in [1.82, 2.24) is 19.1 Å². The fourth-order valence-corrected chi connectivity index (χ4v) is 4.77. The van der Waals surface area contributed by atoms with E-state index in [-0.39, 0.29) is 31.2 Å². The molecule has 3 aromatic heterocycles. The zero-order valence-electron chi connectivity index (χ0n) is 19.1. The van der Waals surface area contributed by atoms with Crippen molar-refractivity contribution in [3.05, 3.63) is 38.6 Å². The second kappa shape index (κ2) is 9.84. The summed E-state index contributed by atoms with van der Waals surface area (Å²) in [6.45, 7) is 2.45. The van der Waals surface area contributed by atoms with Crippen LogP contribution in [-0.4, -0.2) is 62.9 Å². The van der Waals surface area contributed by atoms with Crippen molar-refractivity contribution in [2.45, 2.75) is 45.2 Å². The number of nitrogens with zero attached hydrogens (tertiary/aromatic N) is 4. The Balaban J connectivity index is 1.79. The van der Waals surface area contributed by atoms with E-state index in [1.54, 1.807) is 11.4 Å². The molecule has 0 aliphatic carbocycles. The van der Waals surface area contributed by atoms with E-state index in [0.29, 0.717) is 16.0 Å². The summed E-state index contributed by atoms with van der Waals surface area (Å²) in [5.41, 5.74) is 6.32. The number of nitrogen functional groups attached to an aromatic ring is 1. The number of anilines is 1. The van der Waals surface area contributed by atoms with Crippen LogP contribution in [0.4, 0.5) is 5.95 Å². The van der Waals surface area contributed by atoms with E-state index in [0.717, 1.165) is 0 Å². The number of carbonyl (C=O) groups is 3. The molecule has 13 nitrogen and oxygen atoms in total. The van der Waals surface area contributed by atoms with Crippen LogP contribution < -0.4 is 11.4 Å². The topological polar surface area (TPSA) is 167 Å². The second-order valence-electron chi connectivity index (χ2n) is 7.78.